The lowest BCUT2D eigenvalue weighted by molar-refractivity contribution is 0.103. The first-order chi connectivity index (χ1) is 12.0. The SMILES string of the molecule is COc1cc(C(=O)c2c(Cl)ccc(C(N)C3CC3)c2F)ccc1C#N. The number of benzene rings is 2. The van der Waals surface area contributed by atoms with Crippen LogP contribution in [-0.4, -0.2) is 12.9 Å². The number of ketones is 1. The molecule has 1 atom stereocenters. The monoisotopic (exact) mass is 358 g/mol. The number of hydrogen-bond donors (Lipinski definition) is 1. The van der Waals surface area contributed by atoms with E-state index in [0.717, 1.165) is 12.8 Å². The molecule has 0 aromatic heterocycles. The minimum absolute atomic E-state index is 0.0255. The Morgan fingerprint density at radius 3 is 2.72 bits per heavy atom. The number of nitrogens with zero attached hydrogens (tertiary/aromatic N) is 1. The van der Waals surface area contributed by atoms with Gasteiger partial charge in [-0.3, -0.25) is 4.79 Å². The van der Waals surface area contributed by atoms with E-state index in [4.69, 9.17) is 27.3 Å². The highest BCUT2D eigenvalue weighted by atomic mass is 35.5. The van der Waals surface area contributed by atoms with E-state index in [0.29, 0.717) is 5.56 Å². The van der Waals surface area contributed by atoms with Gasteiger partial charge in [0.05, 0.1) is 23.3 Å². The molecule has 2 aromatic carbocycles. The maximum absolute atomic E-state index is 15.0. The molecule has 0 bridgehead atoms. The maximum atomic E-state index is 15.0. The quantitative estimate of drug-likeness (QED) is 0.819. The molecule has 0 aliphatic heterocycles. The van der Waals surface area contributed by atoms with Crippen molar-refractivity contribution in [3.8, 4) is 11.8 Å². The summed E-state index contributed by atoms with van der Waals surface area (Å²) in [5.74, 6) is -0.764. The third kappa shape index (κ3) is 3.23. The summed E-state index contributed by atoms with van der Waals surface area (Å²) in [6.45, 7) is 0. The summed E-state index contributed by atoms with van der Waals surface area (Å²) in [5, 5.41) is 9.06. The second-order valence-corrected chi connectivity index (χ2v) is 6.45. The Morgan fingerprint density at radius 2 is 2.12 bits per heavy atom. The van der Waals surface area contributed by atoms with Crippen LogP contribution in [0.25, 0.3) is 0 Å². The summed E-state index contributed by atoms with van der Waals surface area (Å²) in [5.41, 5.74) is 6.66. The van der Waals surface area contributed by atoms with Crippen molar-refractivity contribution in [1.82, 2.24) is 0 Å². The number of rotatable bonds is 5. The van der Waals surface area contributed by atoms with Crippen LogP contribution in [0.5, 0.6) is 5.75 Å². The van der Waals surface area contributed by atoms with Gasteiger partial charge in [-0.15, -0.1) is 0 Å². The van der Waals surface area contributed by atoms with Crippen LogP contribution in [0, 0.1) is 23.1 Å². The van der Waals surface area contributed by atoms with Crippen molar-refractivity contribution in [3.63, 3.8) is 0 Å². The standard InChI is InChI=1S/C19H16ClFN2O2/c1-25-15-8-11(4-5-12(15)9-22)19(24)16-14(20)7-6-13(17(16)21)18(23)10-2-3-10/h4-8,10,18H,2-3,23H2,1H3. The molecule has 0 saturated heterocycles. The predicted octanol–water partition coefficient (Wildman–Crippen LogP) is 4.00. The Balaban J connectivity index is 2.05. The fourth-order valence-electron chi connectivity index (χ4n) is 2.81. The normalized spacial score (nSPS) is 14.7. The van der Waals surface area contributed by atoms with Crippen LogP contribution in [0.2, 0.25) is 5.02 Å². The number of ether oxygens (including phenoxy) is 1. The predicted molar refractivity (Wildman–Crippen MR) is 92.2 cm³/mol. The van der Waals surface area contributed by atoms with Gasteiger partial charge in [0.25, 0.3) is 0 Å². The summed E-state index contributed by atoms with van der Waals surface area (Å²) in [7, 11) is 1.40. The van der Waals surface area contributed by atoms with E-state index < -0.39 is 17.6 Å². The molecule has 6 heteroatoms. The Kier molecular flexibility index (Phi) is 4.76. The van der Waals surface area contributed by atoms with Gasteiger partial charge in [0, 0.05) is 17.2 Å². The smallest absolute Gasteiger partial charge is 0.197 e. The first-order valence-corrected chi connectivity index (χ1v) is 8.22. The van der Waals surface area contributed by atoms with Crippen molar-refractivity contribution in [2.45, 2.75) is 18.9 Å². The first-order valence-electron chi connectivity index (χ1n) is 7.84. The Bertz CT molecular complexity index is 888. The molecular formula is C19H16ClFN2O2. The maximum Gasteiger partial charge on any atom is 0.197 e. The summed E-state index contributed by atoms with van der Waals surface area (Å²) in [4.78, 5) is 12.8. The molecule has 0 heterocycles. The van der Waals surface area contributed by atoms with Crippen LogP contribution in [0.1, 0.15) is 45.9 Å². The molecule has 4 nitrogen and oxygen atoms in total. The van der Waals surface area contributed by atoms with Gasteiger partial charge in [0.15, 0.2) is 5.78 Å². The van der Waals surface area contributed by atoms with E-state index in [-0.39, 0.29) is 33.4 Å². The highest BCUT2D eigenvalue weighted by molar-refractivity contribution is 6.35. The van der Waals surface area contributed by atoms with Crippen LogP contribution in [0.3, 0.4) is 0 Å². The molecule has 128 valence electrons. The summed E-state index contributed by atoms with van der Waals surface area (Å²) in [6.07, 6.45) is 1.92. The molecule has 3 rings (SSSR count). The third-order valence-corrected chi connectivity index (χ3v) is 4.74. The molecule has 1 unspecified atom stereocenters. The highest BCUT2D eigenvalue weighted by Gasteiger charge is 2.33. The lowest BCUT2D eigenvalue weighted by atomic mass is 9.95. The van der Waals surface area contributed by atoms with E-state index in [1.165, 1.54) is 37.4 Å². The molecule has 1 aliphatic carbocycles. The van der Waals surface area contributed by atoms with Gasteiger partial charge < -0.3 is 10.5 Å². The molecule has 0 spiro atoms. The summed E-state index contributed by atoms with van der Waals surface area (Å²) in [6, 6.07) is 8.87. The van der Waals surface area contributed by atoms with Crippen molar-refractivity contribution in [2.24, 2.45) is 11.7 Å². The van der Waals surface area contributed by atoms with Gasteiger partial charge in [-0.05, 0) is 43.0 Å². The second kappa shape index (κ2) is 6.83. The minimum atomic E-state index is -0.680. The highest BCUT2D eigenvalue weighted by Crippen LogP contribution is 2.41. The molecule has 25 heavy (non-hydrogen) atoms. The number of carbonyl (C=O) groups is 1. The van der Waals surface area contributed by atoms with E-state index in [1.807, 2.05) is 6.07 Å². The lowest BCUT2D eigenvalue weighted by Gasteiger charge is -2.15. The van der Waals surface area contributed by atoms with Gasteiger partial charge in [0.1, 0.15) is 17.6 Å². The largest absolute Gasteiger partial charge is 0.495 e. The van der Waals surface area contributed by atoms with E-state index >= 15 is 0 Å². The van der Waals surface area contributed by atoms with Crippen LogP contribution >= 0.6 is 11.6 Å². The van der Waals surface area contributed by atoms with Gasteiger partial charge >= 0.3 is 0 Å². The lowest BCUT2D eigenvalue weighted by Crippen LogP contribution is -2.17. The molecule has 0 radical (unpaired) electrons. The molecule has 2 N–H and O–H groups in total. The van der Waals surface area contributed by atoms with Crippen molar-refractivity contribution in [3.05, 3.63) is 63.4 Å². The number of methoxy groups -OCH3 is 1. The van der Waals surface area contributed by atoms with Gasteiger partial charge in [0.2, 0.25) is 0 Å². The zero-order valence-corrected chi connectivity index (χ0v) is 14.3. The summed E-state index contributed by atoms with van der Waals surface area (Å²) < 4.78 is 20.1. The average Bonchev–Trinajstić information content (AvgIpc) is 3.45. The molecule has 0 amide bonds. The molecule has 1 saturated carbocycles. The van der Waals surface area contributed by atoms with Crippen molar-refractivity contribution >= 4 is 17.4 Å². The zero-order valence-electron chi connectivity index (χ0n) is 13.6. The Hall–Kier alpha value is -2.42. The molecule has 1 fully saturated rings. The number of nitriles is 1. The Morgan fingerprint density at radius 1 is 1.40 bits per heavy atom. The minimum Gasteiger partial charge on any atom is -0.495 e. The molecule has 1 aliphatic rings. The number of hydrogen-bond acceptors (Lipinski definition) is 4. The third-order valence-electron chi connectivity index (χ3n) is 4.42. The van der Waals surface area contributed by atoms with Gasteiger partial charge in [-0.1, -0.05) is 17.7 Å². The van der Waals surface area contributed by atoms with Crippen LogP contribution in [-0.2, 0) is 0 Å². The zero-order chi connectivity index (χ0) is 18.1. The van der Waals surface area contributed by atoms with Crippen LogP contribution in [0.15, 0.2) is 30.3 Å². The van der Waals surface area contributed by atoms with Gasteiger partial charge in [-0.25, -0.2) is 4.39 Å². The number of nitrogens with two attached hydrogens (primary N) is 1. The van der Waals surface area contributed by atoms with Crippen molar-refractivity contribution in [2.75, 3.05) is 7.11 Å². The van der Waals surface area contributed by atoms with E-state index in [2.05, 4.69) is 0 Å². The number of halogens is 2. The van der Waals surface area contributed by atoms with Crippen LogP contribution < -0.4 is 10.5 Å². The average molecular weight is 359 g/mol. The topological polar surface area (TPSA) is 76.1 Å². The number of carbonyl (C=O) groups excluding carboxylic acids is 1. The Labute approximate surface area is 150 Å². The second-order valence-electron chi connectivity index (χ2n) is 6.04. The molecular weight excluding hydrogens is 343 g/mol. The fraction of sp³-hybridized carbons (Fsp3) is 0.263. The first kappa shape index (κ1) is 17.4. The van der Waals surface area contributed by atoms with Gasteiger partial charge in [-0.2, -0.15) is 5.26 Å². The van der Waals surface area contributed by atoms with Crippen molar-refractivity contribution < 1.29 is 13.9 Å². The van der Waals surface area contributed by atoms with Crippen molar-refractivity contribution in [1.29, 1.82) is 5.26 Å². The molecule has 2 aromatic rings. The summed E-state index contributed by atoms with van der Waals surface area (Å²) >= 11 is 6.09. The fourth-order valence-corrected chi connectivity index (χ4v) is 3.04. The van der Waals surface area contributed by atoms with E-state index in [9.17, 15) is 9.18 Å². The van der Waals surface area contributed by atoms with Crippen LogP contribution in [0.4, 0.5) is 4.39 Å². The van der Waals surface area contributed by atoms with E-state index in [1.54, 1.807) is 0 Å².